The summed E-state index contributed by atoms with van der Waals surface area (Å²) in [5.41, 5.74) is 0.971. The van der Waals surface area contributed by atoms with Gasteiger partial charge >= 0.3 is 6.18 Å². The number of alkyl halides is 3. The lowest BCUT2D eigenvalue weighted by Crippen LogP contribution is -2.24. The van der Waals surface area contributed by atoms with Crippen molar-refractivity contribution in [2.75, 3.05) is 0 Å². The maximum atomic E-state index is 12.4. The number of aryl methyl sites for hydroxylation is 1. The Kier molecular flexibility index (Phi) is 4.67. The minimum atomic E-state index is -4.35. The maximum absolute atomic E-state index is 12.4. The van der Waals surface area contributed by atoms with Crippen molar-refractivity contribution in [2.24, 2.45) is 0 Å². The first-order valence-electron chi connectivity index (χ1n) is 6.32. The second-order valence-corrected chi connectivity index (χ2v) is 5.68. The summed E-state index contributed by atoms with van der Waals surface area (Å²) in [5.74, 6) is -0.206. The number of carbonyl (C=O) groups is 1. The summed E-state index contributed by atoms with van der Waals surface area (Å²) in [5, 5.41) is 4.72. The fourth-order valence-electron chi connectivity index (χ4n) is 1.82. The normalized spacial score (nSPS) is 11.4. The topological polar surface area (TPSA) is 29.1 Å². The van der Waals surface area contributed by atoms with E-state index in [1.165, 1.54) is 12.1 Å². The molecule has 0 saturated carbocycles. The fourth-order valence-corrected chi connectivity index (χ4v) is 2.67. The van der Waals surface area contributed by atoms with Crippen LogP contribution >= 0.6 is 11.3 Å². The van der Waals surface area contributed by atoms with E-state index < -0.39 is 11.7 Å². The molecule has 0 atom stereocenters. The van der Waals surface area contributed by atoms with Crippen molar-refractivity contribution in [2.45, 2.75) is 26.1 Å². The molecule has 1 amide bonds. The van der Waals surface area contributed by atoms with Gasteiger partial charge in [-0.2, -0.15) is 13.2 Å². The molecule has 1 aromatic heterocycles. The third-order valence-corrected chi connectivity index (χ3v) is 4.08. The molecule has 0 spiro atoms. The van der Waals surface area contributed by atoms with E-state index in [-0.39, 0.29) is 12.3 Å². The first kappa shape index (κ1) is 15.6. The van der Waals surface area contributed by atoms with Crippen LogP contribution in [0.3, 0.4) is 0 Å². The Labute approximate surface area is 124 Å². The first-order valence-corrected chi connectivity index (χ1v) is 7.20. The van der Waals surface area contributed by atoms with Crippen molar-refractivity contribution in [3.8, 4) is 0 Å². The van der Waals surface area contributed by atoms with Gasteiger partial charge < -0.3 is 5.32 Å². The second-order valence-electron chi connectivity index (χ2n) is 4.67. The molecule has 0 saturated heterocycles. The molecule has 0 aliphatic rings. The quantitative estimate of drug-likeness (QED) is 0.910. The predicted molar refractivity (Wildman–Crippen MR) is 76.1 cm³/mol. The Balaban J connectivity index is 1.89. The molecule has 2 nitrogen and oxygen atoms in total. The highest BCUT2D eigenvalue weighted by Gasteiger charge is 2.29. The van der Waals surface area contributed by atoms with Gasteiger partial charge in [0.1, 0.15) is 0 Å². The van der Waals surface area contributed by atoms with E-state index in [1.807, 2.05) is 18.4 Å². The maximum Gasteiger partial charge on any atom is 0.416 e. The van der Waals surface area contributed by atoms with E-state index >= 15 is 0 Å². The zero-order valence-corrected chi connectivity index (χ0v) is 12.1. The van der Waals surface area contributed by atoms with Crippen molar-refractivity contribution in [3.05, 3.63) is 57.3 Å². The summed E-state index contributed by atoms with van der Waals surface area (Å²) in [4.78, 5) is 12.9. The van der Waals surface area contributed by atoms with E-state index in [9.17, 15) is 18.0 Å². The van der Waals surface area contributed by atoms with E-state index in [0.29, 0.717) is 12.1 Å². The third-order valence-electron chi connectivity index (χ3n) is 3.06. The van der Waals surface area contributed by atoms with Gasteiger partial charge in [0.2, 0.25) is 5.91 Å². The van der Waals surface area contributed by atoms with E-state index in [4.69, 9.17) is 0 Å². The lowest BCUT2D eigenvalue weighted by Gasteiger charge is -2.08. The van der Waals surface area contributed by atoms with Crippen LogP contribution in [0.15, 0.2) is 35.7 Å². The monoisotopic (exact) mass is 313 g/mol. The number of benzene rings is 1. The zero-order valence-electron chi connectivity index (χ0n) is 11.3. The van der Waals surface area contributed by atoms with Crippen LogP contribution in [0, 0.1) is 6.92 Å². The van der Waals surface area contributed by atoms with E-state index in [0.717, 1.165) is 22.6 Å². The number of halogens is 3. The summed E-state index contributed by atoms with van der Waals surface area (Å²) >= 11 is 1.56. The van der Waals surface area contributed by atoms with Crippen LogP contribution in [0.5, 0.6) is 0 Å². The van der Waals surface area contributed by atoms with Gasteiger partial charge in [0.25, 0.3) is 0 Å². The van der Waals surface area contributed by atoms with Gasteiger partial charge in [-0.25, -0.2) is 0 Å². The number of hydrogen-bond acceptors (Lipinski definition) is 2. The van der Waals surface area contributed by atoms with Crippen LogP contribution in [0.1, 0.15) is 21.6 Å². The molecule has 0 fully saturated rings. The van der Waals surface area contributed by atoms with Crippen molar-refractivity contribution >= 4 is 17.2 Å². The van der Waals surface area contributed by atoms with Gasteiger partial charge in [0.15, 0.2) is 0 Å². The molecule has 1 N–H and O–H groups in total. The summed E-state index contributed by atoms with van der Waals surface area (Å²) < 4.78 is 37.3. The largest absolute Gasteiger partial charge is 0.416 e. The molecule has 21 heavy (non-hydrogen) atoms. The minimum absolute atomic E-state index is 0.0720. The van der Waals surface area contributed by atoms with Crippen LogP contribution in [0.25, 0.3) is 0 Å². The first-order chi connectivity index (χ1) is 9.86. The number of carbonyl (C=O) groups excluding carboxylic acids is 1. The van der Waals surface area contributed by atoms with Crippen LogP contribution in [-0.4, -0.2) is 5.91 Å². The van der Waals surface area contributed by atoms with Crippen LogP contribution in [0.4, 0.5) is 13.2 Å². The van der Waals surface area contributed by atoms with E-state index in [1.54, 1.807) is 11.3 Å². The summed E-state index contributed by atoms with van der Waals surface area (Å²) in [7, 11) is 0. The molecule has 2 rings (SSSR count). The Morgan fingerprint density at radius 3 is 2.38 bits per heavy atom. The molecule has 0 radical (unpaired) electrons. The van der Waals surface area contributed by atoms with Gasteiger partial charge in [-0.15, -0.1) is 11.3 Å². The fraction of sp³-hybridized carbons (Fsp3) is 0.267. The van der Waals surface area contributed by atoms with Gasteiger partial charge in [0.05, 0.1) is 18.5 Å². The average molecular weight is 313 g/mol. The Bertz CT molecular complexity index is 617. The molecule has 1 aromatic carbocycles. The molecule has 0 aliphatic heterocycles. The molecular formula is C15H14F3NOS. The zero-order chi connectivity index (χ0) is 15.5. The Morgan fingerprint density at radius 2 is 1.86 bits per heavy atom. The Hall–Kier alpha value is -1.82. The Morgan fingerprint density at radius 1 is 1.19 bits per heavy atom. The highest BCUT2D eigenvalue weighted by atomic mass is 32.1. The molecule has 1 heterocycles. The third kappa shape index (κ3) is 4.32. The van der Waals surface area contributed by atoms with E-state index in [2.05, 4.69) is 5.32 Å². The second kappa shape index (κ2) is 6.30. The van der Waals surface area contributed by atoms with Crippen molar-refractivity contribution in [1.82, 2.24) is 5.32 Å². The summed E-state index contributed by atoms with van der Waals surface area (Å²) in [6.45, 7) is 2.41. The smallest absolute Gasteiger partial charge is 0.351 e. The molecular weight excluding hydrogens is 299 g/mol. The molecule has 6 heteroatoms. The molecule has 0 unspecified atom stereocenters. The standard InChI is InChI=1S/C15H14F3NOS/c1-10-6-7-21-13(10)9-19-14(20)8-11-2-4-12(5-3-11)15(16,17)18/h2-7H,8-9H2,1H3,(H,19,20). The molecule has 0 aliphatic carbocycles. The molecule has 0 bridgehead atoms. The summed E-state index contributed by atoms with van der Waals surface area (Å²) in [6.07, 6.45) is -4.28. The number of thiophene rings is 1. The summed E-state index contributed by atoms with van der Waals surface area (Å²) in [6, 6.07) is 6.62. The van der Waals surface area contributed by atoms with Crippen molar-refractivity contribution < 1.29 is 18.0 Å². The SMILES string of the molecule is Cc1ccsc1CNC(=O)Cc1ccc(C(F)(F)F)cc1. The number of nitrogens with one attached hydrogen (secondary N) is 1. The minimum Gasteiger partial charge on any atom is -0.351 e. The lowest BCUT2D eigenvalue weighted by atomic mass is 10.1. The number of amides is 1. The van der Waals surface area contributed by atoms with Crippen molar-refractivity contribution in [3.63, 3.8) is 0 Å². The number of rotatable bonds is 4. The predicted octanol–water partition coefficient (Wildman–Crippen LogP) is 3.93. The van der Waals surface area contributed by atoms with Gasteiger partial charge in [0, 0.05) is 4.88 Å². The lowest BCUT2D eigenvalue weighted by molar-refractivity contribution is -0.137. The molecule has 112 valence electrons. The van der Waals surface area contributed by atoms with Gasteiger partial charge in [-0.05, 0) is 41.6 Å². The van der Waals surface area contributed by atoms with Crippen LogP contribution in [0.2, 0.25) is 0 Å². The van der Waals surface area contributed by atoms with Crippen LogP contribution in [-0.2, 0) is 23.9 Å². The highest BCUT2D eigenvalue weighted by Crippen LogP contribution is 2.29. The van der Waals surface area contributed by atoms with Gasteiger partial charge in [-0.3, -0.25) is 4.79 Å². The van der Waals surface area contributed by atoms with Crippen LogP contribution < -0.4 is 5.32 Å². The van der Waals surface area contributed by atoms with Gasteiger partial charge in [-0.1, -0.05) is 12.1 Å². The average Bonchev–Trinajstić information content (AvgIpc) is 2.81. The molecule has 2 aromatic rings. The number of hydrogen-bond donors (Lipinski definition) is 1. The highest BCUT2D eigenvalue weighted by molar-refractivity contribution is 7.10. The van der Waals surface area contributed by atoms with Crippen molar-refractivity contribution in [1.29, 1.82) is 0 Å².